The fourth-order valence-electron chi connectivity index (χ4n) is 2.25. The molecule has 0 spiro atoms. The van der Waals surface area contributed by atoms with E-state index in [4.69, 9.17) is 0 Å². The molecule has 2 rings (SSSR count). The maximum atomic E-state index is 12.3. The molecule has 5 heteroatoms. The summed E-state index contributed by atoms with van der Waals surface area (Å²) in [6.07, 6.45) is 0.253. The molecule has 0 saturated heterocycles. The van der Waals surface area contributed by atoms with E-state index < -0.39 is 12.0 Å². The van der Waals surface area contributed by atoms with Gasteiger partial charge in [-0.25, -0.2) is 4.79 Å². The van der Waals surface area contributed by atoms with Crippen molar-refractivity contribution >= 4 is 23.6 Å². The minimum absolute atomic E-state index is 0.253. The summed E-state index contributed by atoms with van der Waals surface area (Å²) in [5.74, 6) is -1.42. The van der Waals surface area contributed by atoms with E-state index in [0.29, 0.717) is 10.8 Å². The SMILES string of the molecule is CC(C)Sc1ccc(C(=O)NC(Cc2ccccc2)C(=O)O)cc1. The molecule has 0 aliphatic rings. The van der Waals surface area contributed by atoms with Gasteiger partial charge in [-0.15, -0.1) is 11.8 Å². The minimum atomic E-state index is -1.04. The molecule has 2 aromatic rings. The van der Waals surface area contributed by atoms with Crippen molar-refractivity contribution in [3.63, 3.8) is 0 Å². The fourth-order valence-corrected chi connectivity index (χ4v) is 3.09. The van der Waals surface area contributed by atoms with E-state index >= 15 is 0 Å². The third kappa shape index (κ3) is 5.42. The standard InChI is InChI=1S/C19H21NO3S/c1-13(2)24-16-10-8-15(9-11-16)18(21)20-17(19(22)23)12-14-6-4-3-5-7-14/h3-11,13,17H,12H2,1-2H3,(H,20,21)(H,22,23). The highest BCUT2D eigenvalue weighted by Crippen LogP contribution is 2.22. The average Bonchev–Trinajstić information content (AvgIpc) is 2.55. The van der Waals surface area contributed by atoms with Crippen LogP contribution in [0.15, 0.2) is 59.5 Å². The Morgan fingerprint density at radius 1 is 1.04 bits per heavy atom. The molecule has 24 heavy (non-hydrogen) atoms. The van der Waals surface area contributed by atoms with Gasteiger partial charge in [-0.3, -0.25) is 4.79 Å². The fraction of sp³-hybridized carbons (Fsp3) is 0.263. The molecule has 0 saturated carbocycles. The molecule has 126 valence electrons. The lowest BCUT2D eigenvalue weighted by molar-refractivity contribution is -0.139. The Kier molecular flexibility index (Phi) is 6.44. The number of rotatable bonds is 7. The van der Waals surface area contributed by atoms with E-state index in [9.17, 15) is 14.7 Å². The van der Waals surface area contributed by atoms with Gasteiger partial charge in [-0.05, 0) is 29.8 Å². The van der Waals surface area contributed by atoms with Crippen molar-refractivity contribution in [2.24, 2.45) is 0 Å². The van der Waals surface area contributed by atoms with Gasteiger partial charge in [-0.2, -0.15) is 0 Å². The van der Waals surface area contributed by atoms with Crippen molar-refractivity contribution in [2.75, 3.05) is 0 Å². The van der Waals surface area contributed by atoms with Crippen LogP contribution in [0.5, 0.6) is 0 Å². The second kappa shape index (κ2) is 8.55. The van der Waals surface area contributed by atoms with Crippen molar-refractivity contribution in [1.82, 2.24) is 5.32 Å². The van der Waals surface area contributed by atoms with E-state index in [1.807, 2.05) is 42.5 Å². The van der Waals surface area contributed by atoms with Gasteiger partial charge in [0.15, 0.2) is 0 Å². The topological polar surface area (TPSA) is 66.4 Å². The van der Waals surface area contributed by atoms with Gasteiger partial charge < -0.3 is 10.4 Å². The number of aliphatic carboxylic acids is 1. The van der Waals surface area contributed by atoms with Crippen LogP contribution in [0.2, 0.25) is 0 Å². The van der Waals surface area contributed by atoms with Crippen molar-refractivity contribution < 1.29 is 14.7 Å². The third-order valence-corrected chi connectivity index (χ3v) is 4.39. The monoisotopic (exact) mass is 343 g/mol. The molecule has 1 unspecified atom stereocenters. The van der Waals surface area contributed by atoms with Gasteiger partial charge in [0.05, 0.1) is 0 Å². The Morgan fingerprint density at radius 3 is 2.21 bits per heavy atom. The Labute approximate surface area is 146 Å². The van der Waals surface area contributed by atoms with Crippen LogP contribution in [-0.2, 0) is 11.2 Å². The summed E-state index contributed by atoms with van der Waals surface area (Å²) in [4.78, 5) is 24.8. The number of carboxylic acids is 1. The first-order valence-electron chi connectivity index (χ1n) is 7.80. The second-order valence-electron chi connectivity index (χ2n) is 5.74. The highest BCUT2D eigenvalue weighted by molar-refractivity contribution is 7.99. The molecule has 1 atom stereocenters. The van der Waals surface area contributed by atoms with E-state index in [1.165, 1.54) is 0 Å². The molecule has 0 bridgehead atoms. The van der Waals surface area contributed by atoms with Gasteiger partial charge in [0.25, 0.3) is 5.91 Å². The number of nitrogens with one attached hydrogen (secondary N) is 1. The summed E-state index contributed by atoms with van der Waals surface area (Å²) in [6, 6.07) is 15.5. The third-order valence-electron chi connectivity index (χ3n) is 3.37. The average molecular weight is 343 g/mol. The first-order chi connectivity index (χ1) is 11.5. The Hall–Kier alpha value is -2.27. The smallest absolute Gasteiger partial charge is 0.326 e. The zero-order chi connectivity index (χ0) is 17.5. The summed E-state index contributed by atoms with van der Waals surface area (Å²) in [6.45, 7) is 4.21. The van der Waals surface area contributed by atoms with E-state index in [0.717, 1.165) is 10.5 Å². The minimum Gasteiger partial charge on any atom is -0.480 e. The normalized spacial score (nSPS) is 12.0. The number of hydrogen-bond donors (Lipinski definition) is 2. The molecule has 2 N–H and O–H groups in total. The van der Waals surface area contributed by atoms with Gasteiger partial charge in [0, 0.05) is 22.1 Å². The van der Waals surface area contributed by atoms with Gasteiger partial charge >= 0.3 is 5.97 Å². The predicted octanol–water partition coefficient (Wildman–Crippen LogP) is 3.61. The number of carboxylic acid groups (broad SMARTS) is 1. The number of amides is 1. The maximum absolute atomic E-state index is 12.3. The summed E-state index contributed by atoms with van der Waals surface area (Å²) < 4.78 is 0. The van der Waals surface area contributed by atoms with E-state index in [1.54, 1.807) is 23.9 Å². The van der Waals surface area contributed by atoms with E-state index in [2.05, 4.69) is 19.2 Å². The summed E-state index contributed by atoms with van der Waals surface area (Å²) in [5, 5.41) is 12.4. The molecule has 0 fully saturated rings. The summed E-state index contributed by atoms with van der Waals surface area (Å²) >= 11 is 1.71. The molecule has 0 aromatic heterocycles. The van der Waals surface area contributed by atoms with Crippen molar-refractivity contribution in [2.45, 2.75) is 36.5 Å². The molecular weight excluding hydrogens is 322 g/mol. The molecule has 0 radical (unpaired) electrons. The van der Waals surface area contributed by atoms with Crippen LogP contribution in [-0.4, -0.2) is 28.3 Å². The van der Waals surface area contributed by atoms with Crippen LogP contribution < -0.4 is 5.32 Å². The van der Waals surface area contributed by atoms with Crippen LogP contribution in [0.3, 0.4) is 0 Å². The predicted molar refractivity (Wildman–Crippen MR) is 96.5 cm³/mol. The summed E-state index contributed by atoms with van der Waals surface area (Å²) in [7, 11) is 0. The molecule has 0 aliphatic carbocycles. The van der Waals surface area contributed by atoms with Gasteiger partial charge in [0.2, 0.25) is 0 Å². The molecule has 4 nitrogen and oxygen atoms in total. The van der Waals surface area contributed by atoms with Crippen LogP contribution in [0.25, 0.3) is 0 Å². The molecule has 0 aliphatic heterocycles. The number of carbonyl (C=O) groups excluding carboxylic acids is 1. The molecular formula is C19H21NO3S. The summed E-state index contributed by atoms with van der Waals surface area (Å²) in [5.41, 5.74) is 1.33. The van der Waals surface area contributed by atoms with Crippen LogP contribution in [0, 0.1) is 0 Å². The zero-order valence-electron chi connectivity index (χ0n) is 13.7. The van der Waals surface area contributed by atoms with Crippen LogP contribution in [0.4, 0.5) is 0 Å². The van der Waals surface area contributed by atoms with E-state index in [-0.39, 0.29) is 12.3 Å². The first-order valence-corrected chi connectivity index (χ1v) is 8.68. The lowest BCUT2D eigenvalue weighted by Crippen LogP contribution is -2.42. The van der Waals surface area contributed by atoms with Crippen LogP contribution >= 0.6 is 11.8 Å². The van der Waals surface area contributed by atoms with Crippen molar-refractivity contribution in [1.29, 1.82) is 0 Å². The van der Waals surface area contributed by atoms with Gasteiger partial charge in [0.1, 0.15) is 6.04 Å². The lowest BCUT2D eigenvalue weighted by Gasteiger charge is -2.15. The number of hydrogen-bond acceptors (Lipinski definition) is 3. The van der Waals surface area contributed by atoms with Crippen LogP contribution in [0.1, 0.15) is 29.8 Å². The Morgan fingerprint density at radius 2 is 1.67 bits per heavy atom. The lowest BCUT2D eigenvalue weighted by atomic mass is 10.1. The van der Waals surface area contributed by atoms with Gasteiger partial charge in [-0.1, -0.05) is 44.2 Å². The van der Waals surface area contributed by atoms with Crippen molar-refractivity contribution in [3.8, 4) is 0 Å². The largest absolute Gasteiger partial charge is 0.480 e. The molecule has 1 amide bonds. The molecule has 0 heterocycles. The Bertz CT molecular complexity index is 684. The number of thioether (sulfide) groups is 1. The van der Waals surface area contributed by atoms with Crippen molar-refractivity contribution in [3.05, 3.63) is 65.7 Å². The highest BCUT2D eigenvalue weighted by atomic mass is 32.2. The Balaban J connectivity index is 2.03. The molecule has 2 aromatic carbocycles. The number of benzene rings is 2. The highest BCUT2D eigenvalue weighted by Gasteiger charge is 2.21. The number of carbonyl (C=O) groups is 2. The maximum Gasteiger partial charge on any atom is 0.326 e. The first kappa shape index (κ1) is 18.1. The quantitative estimate of drug-likeness (QED) is 0.754. The zero-order valence-corrected chi connectivity index (χ0v) is 14.5. The second-order valence-corrected chi connectivity index (χ2v) is 7.39.